The third-order valence-electron chi connectivity index (χ3n) is 3.47. The zero-order valence-electron chi connectivity index (χ0n) is 11.8. The van der Waals surface area contributed by atoms with Gasteiger partial charge in [-0.25, -0.2) is 0 Å². The molecule has 0 amide bonds. The molecule has 0 saturated heterocycles. The van der Waals surface area contributed by atoms with E-state index in [1.54, 1.807) is 0 Å². The summed E-state index contributed by atoms with van der Waals surface area (Å²) < 4.78 is 1.10. The third kappa shape index (κ3) is 3.85. The number of halogens is 2. The highest BCUT2D eigenvalue weighted by Gasteiger charge is 2.15. The molecule has 0 fully saturated rings. The van der Waals surface area contributed by atoms with Gasteiger partial charge >= 0.3 is 0 Å². The van der Waals surface area contributed by atoms with E-state index in [2.05, 4.69) is 59.4 Å². The van der Waals surface area contributed by atoms with E-state index < -0.39 is 0 Å². The van der Waals surface area contributed by atoms with Gasteiger partial charge < -0.3 is 5.32 Å². The van der Waals surface area contributed by atoms with Crippen LogP contribution in [0.2, 0.25) is 5.02 Å². The van der Waals surface area contributed by atoms with E-state index in [0.29, 0.717) is 0 Å². The minimum Gasteiger partial charge on any atom is -0.310 e. The maximum Gasteiger partial charge on any atom is 0.0410 e. The number of nitrogens with one attached hydrogen (secondary N) is 1. The van der Waals surface area contributed by atoms with Crippen molar-refractivity contribution >= 4 is 27.5 Å². The smallest absolute Gasteiger partial charge is 0.0410 e. The Morgan fingerprint density at radius 2 is 1.95 bits per heavy atom. The van der Waals surface area contributed by atoms with Crippen molar-refractivity contribution in [1.29, 1.82) is 0 Å². The second kappa shape index (κ2) is 7.26. The first-order chi connectivity index (χ1) is 9.61. The van der Waals surface area contributed by atoms with Crippen molar-refractivity contribution in [2.24, 2.45) is 0 Å². The van der Waals surface area contributed by atoms with Gasteiger partial charge in [-0.2, -0.15) is 0 Å². The molecule has 0 radical (unpaired) electrons. The van der Waals surface area contributed by atoms with Gasteiger partial charge in [0, 0.05) is 15.5 Å². The summed E-state index contributed by atoms with van der Waals surface area (Å²) in [6, 6.07) is 14.7. The van der Waals surface area contributed by atoms with E-state index in [0.717, 1.165) is 22.5 Å². The molecule has 1 nitrogen and oxygen atoms in total. The summed E-state index contributed by atoms with van der Waals surface area (Å²) in [5, 5.41) is 4.33. The molecule has 0 aliphatic heterocycles. The molecular weight excluding hydrogens is 334 g/mol. The molecule has 2 aromatic carbocycles. The average Bonchev–Trinajstić information content (AvgIpc) is 2.43. The van der Waals surface area contributed by atoms with Gasteiger partial charge in [0.05, 0.1) is 0 Å². The molecule has 1 N–H and O–H groups in total. The molecule has 20 heavy (non-hydrogen) atoms. The number of aryl methyl sites for hydroxylation is 1. The van der Waals surface area contributed by atoms with Crippen molar-refractivity contribution < 1.29 is 0 Å². The van der Waals surface area contributed by atoms with E-state index in [-0.39, 0.29) is 6.04 Å². The van der Waals surface area contributed by atoms with E-state index >= 15 is 0 Å². The van der Waals surface area contributed by atoms with E-state index in [1.807, 2.05) is 18.2 Å². The zero-order valence-corrected chi connectivity index (χ0v) is 14.1. The molecule has 0 aromatic heterocycles. The van der Waals surface area contributed by atoms with Gasteiger partial charge in [0.15, 0.2) is 0 Å². The monoisotopic (exact) mass is 351 g/mol. The molecule has 3 heteroatoms. The molecule has 2 aromatic rings. The summed E-state index contributed by atoms with van der Waals surface area (Å²) in [5.41, 5.74) is 3.90. The predicted octanol–water partition coefficient (Wildman–Crippen LogP) is 5.30. The zero-order chi connectivity index (χ0) is 14.5. The number of hydrogen-bond acceptors (Lipinski definition) is 1. The largest absolute Gasteiger partial charge is 0.310 e. The van der Waals surface area contributed by atoms with Crippen LogP contribution in [0.4, 0.5) is 0 Å². The van der Waals surface area contributed by atoms with Gasteiger partial charge in [0.2, 0.25) is 0 Å². The second-order valence-electron chi connectivity index (χ2n) is 4.91. The van der Waals surface area contributed by atoms with E-state index in [9.17, 15) is 0 Å². The van der Waals surface area contributed by atoms with Crippen LogP contribution in [0.25, 0.3) is 0 Å². The predicted molar refractivity (Wildman–Crippen MR) is 90.5 cm³/mol. The summed E-state index contributed by atoms with van der Waals surface area (Å²) in [7, 11) is 0. The van der Waals surface area contributed by atoms with Crippen LogP contribution in [0, 0.1) is 6.92 Å². The van der Waals surface area contributed by atoms with Crippen molar-refractivity contribution in [3.63, 3.8) is 0 Å². The van der Waals surface area contributed by atoms with Crippen LogP contribution in [-0.2, 0) is 6.42 Å². The van der Waals surface area contributed by atoms with Gasteiger partial charge in [-0.15, -0.1) is 0 Å². The Morgan fingerprint density at radius 1 is 1.20 bits per heavy atom. The lowest BCUT2D eigenvalue weighted by Gasteiger charge is -2.21. The van der Waals surface area contributed by atoms with Gasteiger partial charge in [-0.05, 0) is 54.8 Å². The van der Waals surface area contributed by atoms with Gasteiger partial charge in [-0.1, -0.05) is 58.7 Å². The van der Waals surface area contributed by atoms with Crippen molar-refractivity contribution in [2.75, 3.05) is 6.54 Å². The minimum atomic E-state index is 0.258. The van der Waals surface area contributed by atoms with Crippen LogP contribution in [0.5, 0.6) is 0 Å². The Balaban J connectivity index is 2.32. The summed E-state index contributed by atoms with van der Waals surface area (Å²) in [6.45, 7) is 5.21. The van der Waals surface area contributed by atoms with Crippen LogP contribution >= 0.6 is 27.5 Å². The fourth-order valence-corrected chi connectivity index (χ4v) is 3.08. The summed E-state index contributed by atoms with van der Waals surface area (Å²) >= 11 is 9.78. The van der Waals surface area contributed by atoms with E-state index in [1.165, 1.54) is 16.7 Å². The van der Waals surface area contributed by atoms with Crippen LogP contribution in [0.1, 0.15) is 29.7 Å². The first-order valence-electron chi connectivity index (χ1n) is 6.84. The minimum absolute atomic E-state index is 0.258. The van der Waals surface area contributed by atoms with Crippen LogP contribution in [0.3, 0.4) is 0 Å². The van der Waals surface area contributed by atoms with Crippen LogP contribution < -0.4 is 5.32 Å². The van der Waals surface area contributed by atoms with Crippen LogP contribution in [0.15, 0.2) is 46.9 Å². The maximum atomic E-state index is 6.15. The Morgan fingerprint density at radius 3 is 2.65 bits per heavy atom. The number of likely N-dealkylation sites (N-methyl/N-ethyl adjacent to an activating group) is 1. The fraction of sp³-hybridized carbons (Fsp3) is 0.294. The lowest BCUT2D eigenvalue weighted by atomic mass is 9.96. The molecule has 0 saturated carbocycles. The van der Waals surface area contributed by atoms with Crippen molar-refractivity contribution in [2.45, 2.75) is 26.3 Å². The summed E-state index contributed by atoms with van der Waals surface area (Å²) in [5.74, 6) is 0. The normalized spacial score (nSPS) is 12.4. The SMILES string of the molecule is CCNC(Cc1ccccc1C)c1cc(Cl)ccc1Br. The number of rotatable bonds is 5. The number of benzene rings is 2. The Bertz CT molecular complexity index is 583. The van der Waals surface area contributed by atoms with Crippen molar-refractivity contribution in [1.82, 2.24) is 5.32 Å². The molecule has 0 bridgehead atoms. The van der Waals surface area contributed by atoms with Crippen molar-refractivity contribution in [3.8, 4) is 0 Å². The van der Waals surface area contributed by atoms with Gasteiger partial charge in [0.1, 0.15) is 0 Å². The lowest BCUT2D eigenvalue weighted by molar-refractivity contribution is 0.547. The van der Waals surface area contributed by atoms with E-state index in [4.69, 9.17) is 11.6 Å². The summed E-state index contributed by atoms with van der Waals surface area (Å²) in [4.78, 5) is 0. The molecular formula is C17H19BrClN. The standard InChI is InChI=1S/C17H19BrClN/c1-3-20-17(10-13-7-5-4-6-12(13)2)15-11-14(19)8-9-16(15)18/h4-9,11,17,20H,3,10H2,1-2H3. The third-order valence-corrected chi connectivity index (χ3v) is 4.43. The fourth-order valence-electron chi connectivity index (χ4n) is 2.38. The molecule has 0 aliphatic rings. The quantitative estimate of drug-likeness (QED) is 0.769. The summed E-state index contributed by atoms with van der Waals surface area (Å²) in [6.07, 6.45) is 0.958. The first-order valence-corrected chi connectivity index (χ1v) is 8.01. The van der Waals surface area contributed by atoms with Crippen LogP contribution in [-0.4, -0.2) is 6.54 Å². The second-order valence-corrected chi connectivity index (χ2v) is 6.20. The molecule has 2 rings (SSSR count). The maximum absolute atomic E-state index is 6.15. The molecule has 0 aliphatic carbocycles. The highest BCUT2D eigenvalue weighted by atomic mass is 79.9. The lowest BCUT2D eigenvalue weighted by Crippen LogP contribution is -2.23. The average molecular weight is 353 g/mol. The molecule has 1 atom stereocenters. The molecule has 1 unspecified atom stereocenters. The Labute approximate surface area is 134 Å². The highest BCUT2D eigenvalue weighted by Crippen LogP contribution is 2.29. The molecule has 0 heterocycles. The van der Waals surface area contributed by atoms with Crippen molar-refractivity contribution in [3.05, 3.63) is 68.7 Å². The first kappa shape index (κ1) is 15.6. The number of hydrogen-bond donors (Lipinski definition) is 1. The Hall–Kier alpha value is -0.830. The Kier molecular flexibility index (Phi) is 5.64. The van der Waals surface area contributed by atoms with Gasteiger partial charge in [-0.3, -0.25) is 0 Å². The highest BCUT2D eigenvalue weighted by molar-refractivity contribution is 9.10. The molecule has 106 valence electrons. The molecule has 0 spiro atoms. The topological polar surface area (TPSA) is 12.0 Å². The van der Waals surface area contributed by atoms with Gasteiger partial charge in [0.25, 0.3) is 0 Å².